The SMILES string of the molecule is O=C(CCCl)NC(=O)NCCCC(=O)NC1CC1. The van der Waals surface area contributed by atoms with E-state index in [-0.39, 0.29) is 18.2 Å². The van der Waals surface area contributed by atoms with E-state index in [0.29, 0.717) is 25.4 Å². The van der Waals surface area contributed by atoms with E-state index in [0.717, 1.165) is 12.8 Å². The maximum absolute atomic E-state index is 11.3. The van der Waals surface area contributed by atoms with Crippen molar-refractivity contribution in [2.24, 2.45) is 0 Å². The second-order valence-electron chi connectivity index (χ2n) is 4.19. The second kappa shape index (κ2) is 7.92. The average Bonchev–Trinajstić information content (AvgIpc) is 3.08. The van der Waals surface area contributed by atoms with E-state index in [4.69, 9.17) is 11.6 Å². The summed E-state index contributed by atoms with van der Waals surface area (Å²) in [5, 5.41) is 7.49. The summed E-state index contributed by atoms with van der Waals surface area (Å²) in [4.78, 5) is 33.5. The molecule has 1 aliphatic rings. The summed E-state index contributed by atoms with van der Waals surface area (Å²) in [6.45, 7) is 0.359. The van der Waals surface area contributed by atoms with Gasteiger partial charge in [0, 0.05) is 31.3 Å². The number of hydrogen-bond acceptors (Lipinski definition) is 3. The number of rotatable bonds is 7. The fourth-order valence-corrected chi connectivity index (χ4v) is 1.47. The molecule has 0 saturated heterocycles. The van der Waals surface area contributed by atoms with Crippen molar-refractivity contribution in [1.29, 1.82) is 0 Å². The van der Waals surface area contributed by atoms with Crippen molar-refractivity contribution >= 4 is 29.4 Å². The summed E-state index contributed by atoms with van der Waals surface area (Å²) < 4.78 is 0. The molecule has 1 fully saturated rings. The summed E-state index contributed by atoms with van der Waals surface area (Å²) in [5.41, 5.74) is 0. The molecule has 4 amide bonds. The Morgan fingerprint density at radius 2 is 1.83 bits per heavy atom. The molecule has 1 rings (SSSR count). The molecule has 102 valence electrons. The van der Waals surface area contributed by atoms with E-state index in [9.17, 15) is 14.4 Å². The molecule has 0 aromatic heterocycles. The molecule has 0 bridgehead atoms. The first-order chi connectivity index (χ1) is 8.61. The van der Waals surface area contributed by atoms with Gasteiger partial charge < -0.3 is 10.6 Å². The lowest BCUT2D eigenvalue weighted by Gasteiger charge is -2.06. The fraction of sp³-hybridized carbons (Fsp3) is 0.727. The molecule has 0 unspecified atom stereocenters. The van der Waals surface area contributed by atoms with E-state index in [1.54, 1.807) is 0 Å². The largest absolute Gasteiger partial charge is 0.353 e. The van der Waals surface area contributed by atoms with Crippen LogP contribution in [0.25, 0.3) is 0 Å². The summed E-state index contributed by atoms with van der Waals surface area (Å²) in [6.07, 6.45) is 3.17. The third kappa shape index (κ3) is 7.11. The van der Waals surface area contributed by atoms with Gasteiger partial charge >= 0.3 is 6.03 Å². The Labute approximate surface area is 111 Å². The normalized spacial score (nSPS) is 13.8. The van der Waals surface area contributed by atoms with Crippen molar-refractivity contribution in [3.05, 3.63) is 0 Å². The topological polar surface area (TPSA) is 87.3 Å². The Kier molecular flexibility index (Phi) is 6.49. The van der Waals surface area contributed by atoms with Crippen LogP contribution < -0.4 is 16.0 Å². The fourth-order valence-electron chi connectivity index (χ4n) is 1.30. The van der Waals surface area contributed by atoms with Crippen LogP contribution >= 0.6 is 11.6 Å². The first kappa shape index (κ1) is 14.8. The molecule has 3 N–H and O–H groups in total. The third-order valence-electron chi connectivity index (χ3n) is 2.38. The maximum atomic E-state index is 11.3. The number of amides is 4. The van der Waals surface area contributed by atoms with Crippen molar-refractivity contribution in [3.63, 3.8) is 0 Å². The molecule has 0 heterocycles. The van der Waals surface area contributed by atoms with Crippen LogP contribution in [0.3, 0.4) is 0 Å². The molecule has 18 heavy (non-hydrogen) atoms. The van der Waals surface area contributed by atoms with E-state index >= 15 is 0 Å². The van der Waals surface area contributed by atoms with Crippen LogP contribution in [0.4, 0.5) is 4.79 Å². The van der Waals surface area contributed by atoms with Crippen LogP contribution in [-0.4, -0.2) is 36.3 Å². The highest BCUT2D eigenvalue weighted by atomic mass is 35.5. The quantitative estimate of drug-likeness (QED) is 0.467. The standard InChI is InChI=1S/C11H18ClN3O3/c12-6-5-10(17)15-11(18)13-7-1-2-9(16)14-8-3-4-8/h8H,1-7H2,(H,14,16)(H2,13,15,17,18). The summed E-state index contributed by atoms with van der Waals surface area (Å²) in [7, 11) is 0. The first-order valence-corrected chi connectivity index (χ1v) is 6.58. The average molecular weight is 276 g/mol. The van der Waals surface area contributed by atoms with Gasteiger partial charge in [-0.25, -0.2) is 4.79 Å². The number of carbonyl (C=O) groups is 3. The molecule has 0 atom stereocenters. The van der Waals surface area contributed by atoms with Crippen LogP contribution in [0.15, 0.2) is 0 Å². The Morgan fingerprint density at radius 3 is 2.44 bits per heavy atom. The van der Waals surface area contributed by atoms with Gasteiger partial charge in [0.15, 0.2) is 0 Å². The minimum Gasteiger partial charge on any atom is -0.353 e. The number of halogens is 1. The van der Waals surface area contributed by atoms with Crippen LogP contribution in [0, 0.1) is 0 Å². The molecular weight excluding hydrogens is 258 g/mol. The molecule has 0 radical (unpaired) electrons. The highest BCUT2D eigenvalue weighted by molar-refractivity contribution is 6.19. The van der Waals surface area contributed by atoms with Gasteiger partial charge in [0.05, 0.1) is 0 Å². The van der Waals surface area contributed by atoms with Crippen LogP contribution in [0.5, 0.6) is 0 Å². The summed E-state index contributed by atoms with van der Waals surface area (Å²) in [6, 6.07) is -0.186. The number of urea groups is 1. The lowest BCUT2D eigenvalue weighted by atomic mass is 10.3. The van der Waals surface area contributed by atoms with Gasteiger partial charge in [0.1, 0.15) is 0 Å². The Balaban J connectivity index is 1.97. The molecule has 1 saturated carbocycles. The van der Waals surface area contributed by atoms with Gasteiger partial charge in [-0.1, -0.05) is 0 Å². The number of nitrogens with one attached hydrogen (secondary N) is 3. The van der Waals surface area contributed by atoms with Crippen molar-refractivity contribution < 1.29 is 14.4 Å². The molecule has 0 spiro atoms. The zero-order valence-electron chi connectivity index (χ0n) is 10.1. The molecule has 0 aromatic carbocycles. The molecule has 6 nitrogen and oxygen atoms in total. The van der Waals surface area contributed by atoms with E-state index < -0.39 is 11.9 Å². The van der Waals surface area contributed by atoms with Gasteiger partial charge in [-0.3, -0.25) is 14.9 Å². The predicted molar refractivity (Wildman–Crippen MR) is 67.3 cm³/mol. The minimum absolute atomic E-state index is 0.0120. The Bertz CT molecular complexity index is 319. The number of hydrogen-bond donors (Lipinski definition) is 3. The Morgan fingerprint density at radius 1 is 1.11 bits per heavy atom. The number of carbonyl (C=O) groups excluding carboxylic acids is 3. The van der Waals surface area contributed by atoms with Crippen molar-refractivity contribution in [3.8, 4) is 0 Å². The zero-order valence-corrected chi connectivity index (χ0v) is 10.9. The second-order valence-corrected chi connectivity index (χ2v) is 4.57. The van der Waals surface area contributed by atoms with Gasteiger partial charge in [-0.05, 0) is 19.3 Å². The lowest BCUT2D eigenvalue weighted by Crippen LogP contribution is -2.40. The van der Waals surface area contributed by atoms with Crippen LogP contribution in [-0.2, 0) is 9.59 Å². The molecule has 0 aliphatic heterocycles. The molecule has 0 aromatic rings. The van der Waals surface area contributed by atoms with Crippen LogP contribution in [0.1, 0.15) is 32.1 Å². The zero-order chi connectivity index (χ0) is 13.4. The summed E-state index contributed by atoms with van der Waals surface area (Å²) in [5.74, 6) is -0.215. The van der Waals surface area contributed by atoms with Gasteiger partial charge in [0.2, 0.25) is 11.8 Å². The number of imide groups is 1. The van der Waals surface area contributed by atoms with E-state index in [1.165, 1.54) is 0 Å². The highest BCUT2D eigenvalue weighted by Crippen LogP contribution is 2.18. The molecule has 1 aliphatic carbocycles. The monoisotopic (exact) mass is 275 g/mol. The van der Waals surface area contributed by atoms with Crippen molar-refractivity contribution in [2.45, 2.75) is 38.1 Å². The van der Waals surface area contributed by atoms with E-state index in [1.807, 2.05) is 0 Å². The highest BCUT2D eigenvalue weighted by Gasteiger charge is 2.22. The smallest absolute Gasteiger partial charge is 0.321 e. The first-order valence-electron chi connectivity index (χ1n) is 6.05. The van der Waals surface area contributed by atoms with Gasteiger partial charge in [0.25, 0.3) is 0 Å². The molecular formula is C11H18ClN3O3. The predicted octanol–water partition coefficient (Wildman–Crippen LogP) is 0.500. The Hall–Kier alpha value is -1.30. The van der Waals surface area contributed by atoms with Gasteiger partial charge in [-0.2, -0.15) is 0 Å². The lowest BCUT2D eigenvalue weighted by molar-refractivity contribution is -0.121. The van der Waals surface area contributed by atoms with Crippen molar-refractivity contribution in [1.82, 2.24) is 16.0 Å². The minimum atomic E-state index is -0.548. The van der Waals surface area contributed by atoms with E-state index in [2.05, 4.69) is 16.0 Å². The molecule has 7 heteroatoms. The summed E-state index contributed by atoms with van der Waals surface area (Å²) >= 11 is 5.35. The van der Waals surface area contributed by atoms with Gasteiger partial charge in [-0.15, -0.1) is 11.6 Å². The van der Waals surface area contributed by atoms with Crippen LogP contribution in [0.2, 0.25) is 0 Å². The third-order valence-corrected chi connectivity index (χ3v) is 2.57. The number of alkyl halides is 1. The maximum Gasteiger partial charge on any atom is 0.321 e. The van der Waals surface area contributed by atoms with Crippen molar-refractivity contribution in [2.75, 3.05) is 12.4 Å².